The van der Waals surface area contributed by atoms with Crippen LogP contribution >= 0.6 is 21.8 Å². The maximum atomic E-state index is 1.84. The van der Waals surface area contributed by atoms with Crippen LogP contribution in [0.15, 0.2) is 0 Å². The van der Waals surface area contributed by atoms with Crippen molar-refractivity contribution in [3.63, 3.8) is 0 Å². The molecule has 0 heterocycles. The van der Waals surface area contributed by atoms with Crippen LogP contribution in [0.3, 0.4) is 0 Å². The van der Waals surface area contributed by atoms with E-state index in [4.69, 9.17) is 0 Å². The summed E-state index contributed by atoms with van der Waals surface area (Å²) in [7, 11) is 0. The van der Waals surface area contributed by atoms with E-state index >= 15 is 0 Å². The Kier molecular flexibility index (Phi) is 15.6. The third-order valence-corrected chi connectivity index (χ3v) is 155. The predicted molar refractivity (Wildman–Crippen MR) is 300 cm³/mol. The van der Waals surface area contributed by atoms with Crippen molar-refractivity contribution >= 4 is 21.8 Å². The maximum absolute atomic E-state index is 2.40. The van der Waals surface area contributed by atoms with E-state index in [1.807, 2.05) is 154 Å². The first-order valence-corrected chi connectivity index (χ1v) is 49.4. The van der Waals surface area contributed by atoms with Crippen molar-refractivity contribution in [2.75, 3.05) is 0 Å². The van der Waals surface area contributed by atoms with Gasteiger partial charge in [0.25, 0.3) is 0 Å². The van der Waals surface area contributed by atoms with Crippen molar-refractivity contribution in [1.82, 2.24) is 0 Å². The fourth-order valence-electron chi connectivity index (χ4n) is 24.0. The molecule has 12 fully saturated rings. The molecule has 0 nitrogen and oxygen atoms in total. The zero-order valence-corrected chi connectivity index (χ0v) is 48.7. The second kappa shape index (κ2) is 21.0. The number of hydrogen-bond acceptors (Lipinski definition) is 0. The van der Waals surface area contributed by atoms with Gasteiger partial charge in [-0.25, -0.2) is 0 Å². The van der Waals surface area contributed by atoms with Gasteiger partial charge >= 0.3 is 411 Å². The number of hydrogen-bond donors (Lipinski definition) is 0. The van der Waals surface area contributed by atoms with Crippen LogP contribution < -0.4 is 0 Å². The summed E-state index contributed by atoms with van der Waals surface area (Å²) in [6.07, 6.45) is 85.4. The monoisotopic (exact) mass is 1060 g/mol. The molecule has 0 atom stereocenters. The second-order valence-corrected chi connectivity index (χ2v) is 84.3. The molecule has 12 rings (SSSR count). The quantitative estimate of drug-likeness (QED) is 0.107. The van der Waals surface area contributed by atoms with Crippen LogP contribution in [0, 0.1) is 0 Å². The predicted octanol–water partition coefficient (Wildman–Crippen LogP) is 20.1. The molecular weight excluding hydrogens is 951 g/mol. The Labute approximate surface area is 408 Å². The molecule has 65 heavy (non-hydrogen) atoms. The van der Waals surface area contributed by atoms with Crippen molar-refractivity contribution in [2.45, 2.75) is 376 Å². The van der Waals surface area contributed by atoms with E-state index in [0.717, 1.165) is 0 Å². The van der Waals surface area contributed by atoms with Gasteiger partial charge in [-0.05, 0) is 0 Å². The molecule has 0 aliphatic heterocycles. The molecule has 0 spiro atoms. The minimum absolute atomic E-state index is 1.36. The molecule has 12 aliphatic rings. The molecule has 0 saturated heterocycles. The Hall–Kier alpha value is 2.38. The summed E-state index contributed by atoms with van der Waals surface area (Å²) in [4.78, 5) is 0. The van der Waals surface area contributed by atoms with E-state index < -0.39 is 35.4 Å². The van der Waals surface area contributed by atoms with Gasteiger partial charge in [0.15, 0.2) is 0 Å². The van der Waals surface area contributed by atoms with E-state index in [1.165, 1.54) is 67.9 Å². The molecule has 0 amide bonds. The van der Waals surface area contributed by atoms with E-state index in [-0.39, 0.29) is 0 Å². The summed E-state index contributed by atoms with van der Waals surface area (Å²) in [5, 5.41) is 0. The summed E-state index contributed by atoms with van der Waals surface area (Å²) >= 11 is -2.40. The molecule has 12 saturated carbocycles. The van der Waals surface area contributed by atoms with Gasteiger partial charge in [-0.15, -0.1) is 0 Å². The standard InChI is InChI=1S/4C15H27P.Pd/c4*1-2-8-13(7-1)16(14-9-3-4-10-14)15-11-5-6-12-15;/h4*13-15H,1-12H2;/q;;;;-4/p+4. The third kappa shape index (κ3) is 7.28. The van der Waals surface area contributed by atoms with Gasteiger partial charge in [0, 0.05) is 0 Å². The second-order valence-electron chi connectivity index (χ2n) is 27.3. The number of rotatable bonds is 16. The summed E-state index contributed by atoms with van der Waals surface area (Å²) in [6, 6.07) is 0. The van der Waals surface area contributed by atoms with Gasteiger partial charge in [-0.3, -0.25) is 0 Å². The Bertz CT molecular complexity index is 1110. The molecular formula is C60H112P4Pd. The van der Waals surface area contributed by atoms with Crippen molar-refractivity contribution in [3.8, 4) is 0 Å². The van der Waals surface area contributed by atoms with E-state index in [2.05, 4.69) is 0 Å². The SMILES string of the molecule is C1CCC([PH](C2CCCC2)(C2CCCC2)[Pd]([PH](C2CCCC2)(C2CCCC2)C2CCCC2)([PH](C2CCCC2)(C2CCCC2)C2CCCC2)[PH](C2CCCC2)(C2CCCC2)C2CCCC2)C1. The first-order chi connectivity index (χ1) is 32.3. The van der Waals surface area contributed by atoms with Crippen LogP contribution in [0.5, 0.6) is 0 Å². The van der Waals surface area contributed by atoms with Crippen molar-refractivity contribution in [1.29, 1.82) is 0 Å². The molecule has 0 aromatic rings. The first kappa shape index (κ1) is 48.3. The van der Waals surface area contributed by atoms with Gasteiger partial charge in [0.2, 0.25) is 0 Å². The van der Waals surface area contributed by atoms with Crippen LogP contribution in [-0.2, 0) is 13.6 Å². The van der Waals surface area contributed by atoms with Gasteiger partial charge in [-0.1, -0.05) is 0 Å². The summed E-state index contributed by atoms with van der Waals surface area (Å²) in [6.45, 7) is 0. The Morgan fingerprint density at radius 3 is 0.292 bits per heavy atom. The fraction of sp³-hybridized carbons (Fsp3) is 1.00. The first-order valence-electron chi connectivity index (χ1n) is 31.9. The molecule has 0 aromatic heterocycles. The van der Waals surface area contributed by atoms with E-state index in [9.17, 15) is 0 Å². The van der Waals surface area contributed by atoms with Gasteiger partial charge in [-0.2, -0.15) is 0 Å². The zero-order chi connectivity index (χ0) is 43.4. The average Bonchev–Trinajstić information content (AvgIpc) is 4.18. The molecule has 0 N–H and O–H groups in total. The van der Waals surface area contributed by atoms with E-state index in [1.54, 1.807) is 154 Å². The molecule has 5 heteroatoms. The molecule has 12 aliphatic carbocycles. The topological polar surface area (TPSA) is 0 Å². The summed E-state index contributed by atoms with van der Waals surface area (Å²) in [5.74, 6) is 0. The third-order valence-electron chi connectivity index (χ3n) is 25.1. The molecule has 0 radical (unpaired) electrons. The Balaban J connectivity index is 1.38. The van der Waals surface area contributed by atoms with E-state index in [0.29, 0.717) is 0 Å². The van der Waals surface area contributed by atoms with Crippen LogP contribution in [0.1, 0.15) is 308 Å². The zero-order valence-electron chi connectivity index (χ0n) is 43.2. The van der Waals surface area contributed by atoms with Crippen molar-refractivity contribution in [2.24, 2.45) is 0 Å². The van der Waals surface area contributed by atoms with Crippen molar-refractivity contribution in [3.05, 3.63) is 0 Å². The molecule has 0 unspecified atom stereocenters. The van der Waals surface area contributed by atoms with Crippen LogP contribution in [-0.4, -0.2) is 67.9 Å². The van der Waals surface area contributed by atoms with Gasteiger partial charge in [0.05, 0.1) is 0 Å². The fourth-order valence-corrected chi connectivity index (χ4v) is 259. The Morgan fingerprint density at radius 1 is 0.138 bits per heavy atom. The van der Waals surface area contributed by atoms with Gasteiger partial charge < -0.3 is 0 Å². The van der Waals surface area contributed by atoms with Crippen LogP contribution in [0.4, 0.5) is 0 Å². The van der Waals surface area contributed by atoms with Crippen molar-refractivity contribution < 1.29 is 13.6 Å². The van der Waals surface area contributed by atoms with Gasteiger partial charge in [0.1, 0.15) is 0 Å². The minimum atomic E-state index is -2.40. The summed E-state index contributed by atoms with van der Waals surface area (Å²) < 4.78 is 0. The average molecular weight is 1060 g/mol. The molecule has 0 aromatic carbocycles. The Morgan fingerprint density at radius 2 is 0.215 bits per heavy atom. The normalized spacial score (nSPS) is 33.6. The van der Waals surface area contributed by atoms with Crippen LogP contribution in [0.2, 0.25) is 0 Å². The molecule has 382 valence electrons. The molecule has 0 bridgehead atoms. The summed E-state index contributed by atoms with van der Waals surface area (Å²) in [5.41, 5.74) is 8.45. The van der Waals surface area contributed by atoms with Crippen LogP contribution in [0.25, 0.3) is 0 Å².